The molecule has 0 saturated heterocycles. The van der Waals surface area contributed by atoms with E-state index in [0.717, 1.165) is 11.1 Å². The molecular weight excluding hydrogens is 202 g/mol. The van der Waals surface area contributed by atoms with Crippen molar-refractivity contribution in [1.82, 2.24) is 4.98 Å². The SMILES string of the molecule is Cc1cc(CC(C)C(=O)O)cnc1Cl. The van der Waals surface area contributed by atoms with Crippen molar-refractivity contribution in [2.75, 3.05) is 0 Å². The number of nitrogens with zero attached hydrogens (tertiary/aromatic N) is 1. The summed E-state index contributed by atoms with van der Waals surface area (Å²) in [5.74, 6) is -1.19. The highest BCUT2D eigenvalue weighted by Crippen LogP contribution is 2.15. The van der Waals surface area contributed by atoms with Gasteiger partial charge in [0.2, 0.25) is 0 Å². The van der Waals surface area contributed by atoms with E-state index >= 15 is 0 Å². The van der Waals surface area contributed by atoms with Crippen molar-refractivity contribution in [3.05, 3.63) is 28.5 Å². The number of pyridine rings is 1. The topological polar surface area (TPSA) is 50.2 Å². The number of hydrogen-bond acceptors (Lipinski definition) is 2. The average molecular weight is 214 g/mol. The highest BCUT2D eigenvalue weighted by atomic mass is 35.5. The first-order chi connectivity index (χ1) is 6.50. The lowest BCUT2D eigenvalue weighted by Crippen LogP contribution is -2.12. The third kappa shape index (κ3) is 2.70. The second kappa shape index (κ2) is 4.42. The molecule has 1 aromatic rings. The fourth-order valence-electron chi connectivity index (χ4n) is 1.17. The Morgan fingerprint density at radius 3 is 2.86 bits per heavy atom. The molecule has 4 heteroatoms. The fraction of sp³-hybridized carbons (Fsp3) is 0.400. The van der Waals surface area contributed by atoms with E-state index in [1.54, 1.807) is 13.1 Å². The standard InChI is InChI=1S/C10H12ClNO2/c1-6-3-8(5-12-9(6)11)4-7(2)10(13)14/h3,5,7H,4H2,1-2H3,(H,13,14). The maximum atomic E-state index is 10.6. The Kier molecular flexibility index (Phi) is 3.47. The van der Waals surface area contributed by atoms with Crippen LogP contribution in [0.1, 0.15) is 18.1 Å². The molecule has 0 aliphatic carbocycles. The summed E-state index contributed by atoms with van der Waals surface area (Å²) < 4.78 is 0. The fourth-order valence-corrected chi connectivity index (χ4v) is 1.27. The first-order valence-electron chi connectivity index (χ1n) is 4.34. The summed E-state index contributed by atoms with van der Waals surface area (Å²) in [7, 11) is 0. The molecule has 1 rings (SSSR count). The Bertz CT molecular complexity index is 352. The maximum Gasteiger partial charge on any atom is 0.306 e. The molecule has 3 nitrogen and oxygen atoms in total. The molecule has 1 heterocycles. The van der Waals surface area contributed by atoms with Gasteiger partial charge >= 0.3 is 5.97 Å². The number of hydrogen-bond donors (Lipinski definition) is 1. The number of aliphatic carboxylic acids is 1. The van der Waals surface area contributed by atoms with Crippen molar-refractivity contribution in [1.29, 1.82) is 0 Å². The molecule has 0 bridgehead atoms. The van der Waals surface area contributed by atoms with Crippen LogP contribution < -0.4 is 0 Å². The summed E-state index contributed by atoms with van der Waals surface area (Å²) >= 11 is 5.75. The average Bonchev–Trinajstić information content (AvgIpc) is 2.11. The van der Waals surface area contributed by atoms with E-state index in [2.05, 4.69) is 4.98 Å². The second-order valence-corrected chi connectivity index (χ2v) is 3.75. The number of carbonyl (C=O) groups is 1. The van der Waals surface area contributed by atoms with Gasteiger partial charge in [0, 0.05) is 6.20 Å². The number of halogens is 1. The number of carboxylic acid groups (broad SMARTS) is 1. The van der Waals surface area contributed by atoms with Crippen LogP contribution in [0.25, 0.3) is 0 Å². The van der Waals surface area contributed by atoms with Crippen molar-refractivity contribution in [2.45, 2.75) is 20.3 Å². The zero-order valence-electron chi connectivity index (χ0n) is 8.12. The summed E-state index contributed by atoms with van der Waals surface area (Å²) in [6.07, 6.45) is 2.11. The van der Waals surface area contributed by atoms with Gasteiger partial charge in [-0.2, -0.15) is 0 Å². The molecule has 76 valence electrons. The maximum absolute atomic E-state index is 10.6. The van der Waals surface area contributed by atoms with Crippen LogP contribution in [0.2, 0.25) is 5.15 Å². The molecule has 1 N–H and O–H groups in total. The minimum atomic E-state index is -0.794. The molecule has 1 atom stereocenters. The lowest BCUT2D eigenvalue weighted by molar-refractivity contribution is -0.141. The molecule has 0 aliphatic heterocycles. The zero-order valence-corrected chi connectivity index (χ0v) is 8.88. The van der Waals surface area contributed by atoms with Gasteiger partial charge < -0.3 is 5.11 Å². The predicted octanol–water partition coefficient (Wildman–Crippen LogP) is 2.31. The zero-order chi connectivity index (χ0) is 10.7. The van der Waals surface area contributed by atoms with Crippen LogP contribution in [0, 0.1) is 12.8 Å². The molecule has 14 heavy (non-hydrogen) atoms. The lowest BCUT2D eigenvalue weighted by Gasteiger charge is -2.06. The Morgan fingerprint density at radius 1 is 1.71 bits per heavy atom. The van der Waals surface area contributed by atoms with E-state index in [0.29, 0.717) is 11.6 Å². The first-order valence-corrected chi connectivity index (χ1v) is 4.72. The Labute approximate surface area is 87.7 Å². The molecule has 0 aromatic carbocycles. The van der Waals surface area contributed by atoms with Crippen LogP contribution in [0.4, 0.5) is 0 Å². The van der Waals surface area contributed by atoms with Crippen molar-refractivity contribution in [2.24, 2.45) is 5.92 Å². The third-order valence-corrected chi connectivity index (χ3v) is 2.43. The smallest absolute Gasteiger partial charge is 0.306 e. The second-order valence-electron chi connectivity index (χ2n) is 3.39. The molecular formula is C10H12ClNO2. The van der Waals surface area contributed by atoms with E-state index in [1.807, 2.05) is 13.0 Å². The van der Waals surface area contributed by atoms with Crippen molar-refractivity contribution < 1.29 is 9.90 Å². The number of aryl methyl sites for hydroxylation is 1. The third-order valence-electron chi connectivity index (χ3n) is 2.03. The largest absolute Gasteiger partial charge is 0.481 e. The molecule has 0 aliphatic rings. The Hall–Kier alpha value is -1.09. The monoisotopic (exact) mass is 213 g/mol. The normalized spacial score (nSPS) is 12.5. The molecule has 0 radical (unpaired) electrons. The van der Waals surface area contributed by atoms with Crippen LogP contribution in [-0.2, 0) is 11.2 Å². The number of aromatic nitrogens is 1. The Morgan fingerprint density at radius 2 is 2.36 bits per heavy atom. The van der Waals surface area contributed by atoms with Gasteiger partial charge in [-0.15, -0.1) is 0 Å². The van der Waals surface area contributed by atoms with Crippen molar-refractivity contribution in [3.8, 4) is 0 Å². The number of carboxylic acids is 1. The molecule has 0 fully saturated rings. The summed E-state index contributed by atoms with van der Waals surface area (Å²) in [5, 5.41) is 9.19. The van der Waals surface area contributed by atoms with Crippen LogP contribution in [-0.4, -0.2) is 16.1 Å². The minimum Gasteiger partial charge on any atom is -0.481 e. The highest BCUT2D eigenvalue weighted by molar-refractivity contribution is 6.30. The summed E-state index contributed by atoms with van der Waals surface area (Å²) in [6, 6.07) is 1.87. The predicted molar refractivity (Wildman–Crippen MR) is 54.5 cm³/mol. The minimum absolute atomic E-state index is 0.391. The highest BCUT2D eigenvalue weighted by Gasteiger charge is 2.12. The molecule has 1 unspecified atom stereocenters. The van der Waals surface area contributed by atoms with E-state index in [-0.39, 0.29) is 0 Å². The molecule has 0 spiro atoms. The summed E-state index contributed by atoms with van der Waals surface area (Å²) in [6.45, 7) is 3.52. The summed E-state index contributed by atoms with van der Waals surface area (Å²) in [5.41, 5.74) is 1.78. The van der Waals surface area contributed by atoms with Gasteiger partial charge in [0.05, 0.1) is 5.92 Å². The van der Waals surface area contributed by atoms with Gasteiger partial charge in [-0.05, 0) is 24.5 Å². The van der Waals surface area contributed by atoms with Gasteiger partial charge in [0.1, 0.15) is 5.15 Å². The van der Waals surface area contributed by atoms with Gasteiger partial charge in [0.25, 0.3) is 0 Å². The van der Waals surface area contributed by atoms with Crippen LogP contribution >= 0.6 is 11.6 Å². The lowest BCUT2D eigenvalue weighted by atomic mass is 10.0. The van der Waals surface area contributed by atoms with Gasteiger partial charge in [-0.1, -0.05) is 24.6 Å². The molecule has 1 aromatic heterocycles. The van der Waals surface area contributed by atoms with E-state index < -0.39 is 11.9 Å². The van der Waals surface area contributed by atoms with Gasteiger partial charge in [-0.3, -0.25) is 4.79 Å². The quantitative estimate of drug-likeness (QED) is 0.784. The van der Waals surface area contributed by atoms with E-state index in [4.69, 9.17) is 16.7 Å². The number of rotatable bonds is 3. The van der Waals surface area contributed by atoms with Crippen LogP contribution in [0.5, 0.6) is 0 Å². The van der Waals surface area contributed by atoms with Gasteiger partial charge in [-0.25, -0.2) is 4.98 Å². The Balaban J connectivity index is 2.78. The van der Waals surface area contributed by atoms with E-state index in [1.165, 1.54) is 0 Å². The van der Waals surface area contributed by atoms with E-state index in [9.17, 15) is 4.79 Å². The van der Waals surface area contributed by atoms with Crippen LogP contribution in [0.15, 0.2) is 12.3 Å². The van der Waals surface area contributed by atoms with Crippen molar-refractivity contribution >= 4 is 17.6 Å². The first kappa shape index (κ1) is 11.0. The summed E-state index contributed by atoms with van der Waals surface area (Å²) in [4.78, 5) is 14.6. The van der Waals surface area contributed by atoms with Gasteiger partial charge in [0.15, 0.2) is 0 Å². The molecule has 0 amide bonds. The van der Waals surface area contributed by atoms with Crippen LogP contribution in [0.3, 0.4) is 0 Å². The van der Waals surface area contributed by atoms with Crippen molar-refractivity contribution in [3.63, 3.8) is 0 Å². The molecule has 0 saturated carbocycles.